The number of rotatable bonds is 7. The van der Waals surface area contributed by atoms with E-state index in [9.17, 15) is 4.79 Å². The van der Waals surface area contributed by atoms with Gasteiger partial charge in [0, 0.05) is 20.4 Å². The Balaban J connectivity index is 2.81. The van der Waals surface area contributed by atoms with Crippen LogP contribution in [0.25, 0.3) is 0 Å². The average Bonchev–Trinajstić information content (AvgIpc) is 2.39. The number of aromatic nitrogens is 1. The number of ether oxygens (including phenoxy) is 1. The van der Waals surface area contributed by atoms with Gasteiger partial charge in [-0.3, -0.25) is 4.79 Å². The molecule has 0 bridgehead atoms. The molecular formula is C13H20ClN3O2. The summed E-state index contributed by atoms with van der Waals surface area (Å²) in [6.07, 6.45) is 3.30. The Bertz CT molecular complexity index is 420. The third kappa shape index (κ3) is 4.69. The third-order valence-corrected chi connectivity index (χ3v) is 3.00. The Morgan fingerprint density at radius 2 is 2.32 bits per heavy atom. The fraction of sp³-hybridized carbons (Fsp3) is 0.538. The molecule has 1 aromatic rings. The van der Waals surface area contributed by atoms with Crippen molar-refractivity contribution in [3.05, 3.63) is 22.8 Å². The van der Waals surface area contributed by atoms with E-state index >= 15 is 0 Å². The van der Waals surface area contributed by atoms with Gasteiger partial charge in [0.2, 0.25) is 0 Å². The molecule has 1 heterocycles. The first kappa shape index (κ1) is 15.7. The van der Waals surface area contributed by atoms with Crippen LogP contribution in [0.2, 0.25) is 5.02 Å². The predicted octanol–water partition coefficient (Wildman–Crippen LogP) is 2.32. The molecule has 1 rings (SSSR count). The van der Waals surface area contributed by atoms with Crippen molar-refractivity contribution in [2.75, 3.05) is 26.1 Å². The molecule has 1 unspecified atom stereocenters. The lowest BCUT2D eigenvalue weighted by atomic mass is 10.1. The van der Waals surface area contributed by atoms with Crippen molar-refractivity contribution in [2.45, 2.75) is 25.8 Å². The van der Waals surface area contributed by atoms with Crippen LogP contribution in [-0.2, 0) is 4.74 Å². The molecule has 0 fully saturated rings. The van der Waals surface area contributed by atoms with Gasteiger partial charge < -0.3 is 15.4 Å². The number of nitrogens with zero attached hydrogens (tertiary/aromatic N) is 1. The van der Waals surface area contributed by atoms with Crippen molar-refractivity contribution >= 4 is 23.3 Å². The number of pyridine rings is 1. The fourth-order valence-electron chi connectivity index (χ4n) is 1.76. The summed E-state index contributed by atoms with van der Waals surface area (Å²) in [5.41, 5.74) is 0.415. The Hall–Kier alpha value is -1.33. The maximum atomic E-state index is 12.2. The summed E-state index contributed by atoms with van der Waals surface area (Å²) >= 11 is 6.00. The number of carbonyl (C=O) groups is 1. The minimum atomic E-state index is -0.209. The molecule has 2 N–H and O–H groups in total. The molecule has 1 aromatic heterocycles. The van der Waals surface area contributed by atoms with Crippen LogP contribution in [-0.4, -0.2) is 37.7 Å². The average molecular weight is 286 g/mol. The number of amides is 1. The molecule has 19 heavy (non-hydrogen) atoms. The van der Waals surface area contributed by atoms with Gasteiger partial charge in [-0.25, -0.2) is 4.98 Å². The smallest absolute Gasteiger partial charge is 0.253 e. The Morgan fingerprint density at radius 1 is 1.58 bits per heavy atom. The quantitative estimate of drug-likeness (QED) is 0.807. The van der Waals surface area contributed by atoms with Crippen molar-refractivity contribution < 1.29 is 9.53 Å². The highest BCUT2D eigenvalue weighted by molar-refractivity contribution is 6.33. The highest BCUT2D eigenvalue weighted by Gasteiger charge is 2.16. The number of hydrogen-bond donors (Lipinski definition) is 2. The summed E-state index contributed by atoms with van der Waals surface area (Å²) < 4.78 is 5.10. The van der Waals surface area contributed by atoms with Crippen LogP contribution >= 0.6 is 11.6 Å². The molecule has 0 spiro atoms. The van der Waals surface area contributed by atoms with E-state index in [1.807, 2.05) is 0 Å². The van der Waals surface area contributed by atoms with E-state index in [0.717, 1.165) is 12.8 Å². The molecule has 0 aliphatic carbocycles. The standard InChI is InChI=1S/C13H20ClN3O2/c1-4-5-9(8-19-3)17-13(18)10-6-12(15-2)16-7-11(10)14/h6-7,9H,4-5,8H2,1-3H3,(H,15,16)(H,17,18). The molecule has 6 heteroatoms. The van der Waals surface area contributed by atoms with Gasteiger partial charge in [0.15, 0.2) is 0 Å². The molecule has 5 nitrogen and oxygen atoms in total. The van der Waals surface area contributed by atoms with Gasteiger partial charge in [0.05, 0.1) is 23.2 Å². The fourth-order valence-corrected chi connectivity index (χ4v) is 1.95. The van der Waals surface area contributed by atoms with E-state index in [2.05, 4.69) is 22.5 Å². The molecule has 0 radical (unpaired) electrons. The summed E-state index contributed by atoms with van der Waals surface area (Å²) in [7, 11) is 3.36. The molecule has 106 valence electrons. The number of methoxy groups -OCH3 is 1. The largest absolute Gasteiger partial charge is 0.383 e. The van der Waals surface area contributed by atoms with Crippen molar-refractivity contribution in [3.63, 3.8) is 0 Å². The maximum Gasteiger partial charge on any atom is 0.253 e. The monoisotopic (exact) mass is 285 g/mol. The van der Waals surface area contributed by atoms with Crippen LogP contribution in [0.4, 0.5) is 5.82 Å². The van der Waals surface area contributed by atoms with E-state index in [0.29, 0.717) is 23.0 Å². The first-order valence-electron chi connectivity index (χ1n) is 6.25. The topological polar surface area (TPSA) is 63.2 Å². The zero-order valence-electron chi connectivity index (χ0n) is 11.5. The highest BCUT2D eigenvalue weighted by atomic mass is 35.5. The predicted molar refractivity (Wildman–Crippen MR) is 76.8 cm³/mol. The summed E-state index contributed by atoms with van der Waals surface area (Å²) in [6.45, 7) is 2.55. The Morgan fingerprint density at radius 3 is 2.89 bits per heavy atom. The van der Waals surface area contributed by atoms with E-state index in [-0.39, 0.29) is 11.9 Å². The summed E-state index contributed by atoms with van der Waals surface area (Å²) in [5, 5.41) is 6.14. The van der Waals surface area contributed by atoms with Crippen molar-refractivity contribution in [1.82, 2.24) is 10.3 Å². The number of nitrogens with one attached hydrogen (secondary N) is 2. The lowest BCUT2D eigenvalue weighted by Crippen LogP contribution is -2.38. The molecule has 0 aliphatic rings. The molecule has 1 amide bonds. The van der Waals surface area contributed by atoms with Crippen molar-refractivity contribution in [1.29, 1.82) is 0 Å². The second-order valence-electron chi connectivity index (χ2n) is 4.21. The third-order valence-electron chi connectivity index (χ3n) is 2.70. The molecular weight excluding hydrogens is 266 g/mol. The number of carbonyl (C=O) groups excluding carboxylic acids is 1. The SMILES string of the molecule is CCCC(COC)NC(=O)c1cc(NC)ncc1Cl. The molecule has 0 aromatic carbocycles. The van der Waals surface area contributed by atoms with Gasteiger partial charge in [-0.15, -0.1) is 0 Å². The van der Waals surface area contributed by atoms with E-state index < -0.39 is 0 Å². The van der Waals surface area contributed by atoms with Gasteiger partial charge in [0.1, 0.15) is 5.82 Å². The van der Waals surface area contributed by atoms with Crippen LogP contribution in [0.3, 0.4) is 0 Å². The van der Waals surface area contributed by atoms with Gasteiger partial charge in [-0.05, 0) is 12.5 Å². The van der Waals surface area contributed by atoms with Crippen LogP contribution in [0.1, 0.15) is 30.1 Å². The van der Waals surface area contributed by atoms with Gasteiger partial charge in [-0.1, -0.05) is 24.9 Å². The first-order valence-corrected chi connectivity index (χ1v) is 6.63. The van der Waals surface area contributed by atoms with Gasteiger partial charge in [-0.2, -0.15) is 0 Å². The van der Waals surface area contributed by atoms with Crippen molar-refractivity contribution in [3.8, 4) is 0 Å². The first-order chi connectivity index (χ1) is 9.12. The lowest BCUT2D eigenvalue weighted by Gasteiger charge is -2.17. The second kappa shape index (κ2) is 7.96. The molecule has 0 saturated carbocycles. The van der Waals surface area contributed by atoms with Crippen LogP contribution in [0.5, 0.6) is 0 Å². The second-order valence-corrected chi connectivity index (χ2v) is 4.62. The minimum Gasteiger partial charge on any atom is -0.383 e. The molecule has 0 saturated heterocycles. The highest BCUT2D eigenvalue weighted by Crippen LogP contribution is 2.18. The van der Waals surface area contributed by atoms with E-state index in [1.54, 1.807) is 20.2 Å². The minimum absolute atomic E-state index is 0.00947. The lowest BCUT2D eigenvalue weighted by molar-refractivity contribution is 0.0891. The zero-order chi connectivity index (χ0) is 14.3. The number of hydrogen-bond acceptors (Lipinski definition) is 4. The van der Waals surface area contributed by atoms with Crippen LogP contribution in [0.15, 0.2) is 12.3 Å². The summed E-state index contributed by atoms with van der Waals surface area (Å²) in [5.74, 6) is 0.396. The maximum absolute atomic E-state index is 12.2. The van der Waals surface area contributed by atoms with Crippen LogP contribution < -0.4 is 10.6 Å². The van der Waals surface area contributed by atoms with Gasteiger partial charge in [0.25, 0.3) is 5.91 Å². The van der Waals surface area contributed by atoms with Crippen molar-refractivity contribution in [2.24, 2.45) is 0 Å². The number of halogens is 1. The van der Waals surface area contributed by atoms with E-state index in [4.69, 9.17) is 16.3 Å². The Kier molecular flexibility index (Phi) is 6.59. The van der Waals surface area contributed by atoms with Crippen LogP contribution in [0, 0.1) is 0 Å². The zero-order valence-corrected chi connectivity index (χ0v) is 12.3. The molecule has 0 aliphatic heterocycles. The number of anilines is 1. The van der Waals surface area contributed by atoms with E-state index in [1.165, 1.54) is 6.20 Å². The normalized spacial score (nSPS) is 12.0. The Labute approximate surface area is 118 Å². The van der Waals surface area contributed by atoms with Gasteiger partial charge >= 0.3 is 0 Å². The summed E-state index contributed by atoms with van der Waals surface area (Å²) in [6, 6.07) is 1.62. The summed E-state index contributed by atoms with van der Waals surface area (Å²) in [4.78, 5) is 16.2. The molecule has 1 atom stereocenters.